The molecule has 1 N–H and O–H groups in total. The van der Waals surface area contributed by atoms with Gasteiger partial charge in [0.2, 0.25) is 0 Å². The highest BCUT2D eigenvalue weighted by atomic mass is 19.1. The summed E-state index contributed by atoms with van der Waals surface area (Å²) in [5, 5.41) is 9.47. The number of carbonyl (C=O) groups excluding carboxylic acids is 1. The number of benzene rings is 2. The van der Waals surface area contributed by atoms with Crippen molar-refractivity contribution in [1.82, 2.24) is 4.90 Å². The summed E-state index contributed by atoms with van der Waals surface area (Å²) < 4.78 is 32.9. The van der Waals surface area contributed by atoms with Gasteiger partial charge in [-0.15, -0.1) is 0 Å². The molecule has 150 valence electrons. The van der Waals surface area contributed by atoms with E-state index in [1.165, 1.54) is 23.1 Å². The van der Waals surface area contributed by atoms with Gasteiger partial charge in [-0.3, -0.25) is 9.69 Å². The molecule has 1 aliphatic carbocycles. The number of halogens is 2. The topological polar surface area (TPSA) is 49.8 Å². The molecule has 0 bridgehead atoms. The Morgan fingerprint density at radius 2 is 1.93 bits per heavy atom. The highest BCUT2D eigenvalue weighted by molar-refractivity contribution is 6.00. The molecule has 1 aliphatic heterocycles. The van der Waals surface area contributed by atoms with Gasteiger partial charge in [0, 0.05) is 18.0 Å². The molecule has 6 heteroatoms. The minimum absolute atomic E-state index is 0.0856. The SMILES string of the molecule is O=C1c2c(ccc(O)c2F)CN1C#CC1CCC(COc2cccc(F)c2)CC1. The van der Waals surface area contributed by atoms with E-state index in [-0.39, 0.29) is 23.8 Å². The molecule has 1 heterocycles. The number of hydrogen-bond donors (Lipinski definition) is 1. The van der Waals surface area contributed by atoms with Crippen molar-refractivity contribution in [3.05, 3.63) is 59.2 Å². The van der Waals surface area contributed by atoms with Gasteiger partial charge in [-0.25, -0.2) is 8.78 Å². The number of phenolic OH excluding ortho intramolecular Hbond substituents is 1. The third-order valence-electron chi connectivity index (χ3n) is 5.53. The smallest absolute Gasteiger partial charge is 0.269 e. The number of phenols is 1. The fourth-order valence-corrected chi connectivity index (χ4v) is 3.85. The average Bonchev–Trinajstić information content (AvgIpc) is 3.05. The number of hydrogen-bond acceptors (Lipinski definition) is 3. The van der Waals surface area contributed by atoms with E-state index in [1.807, 2.05) is 0 Å². The molecule has 2 aromatic rings. The van der Waals surface area contributed by atoms with Crippen molar-refractivity contribution in [2.45, 2.75) is 32.2 Å². The second-order valence-corrected chi connectivity index (χ2v) is 7.57. The van der Waals surface area contributed by atoms with E-state index < -0.39 is 17.5 Å². The van der Waals surface area contributed by atoms with E-state index in [4.69, 9.17) is 4.74 Å². The average molecular weight is 397 g/mol. The first-order valence-electron chi connectivity index (χ1n) is 9.73. The first kappa shape index (κ1) is 19.3. The fourth-order valence-electron chi connectivity index (χ4n) is 3.85. The zero-order chi connectivity index (χ0) is 20.4. The molecule has 0 spiro atoms. The molecule has 4 rings (SSSR count). The van der Waals surface area contributed by atoms with Crippen LogP contribution in [0.15, 0.2) is 36.4 Å². The summed E-state index contributed by atoms with van der Waals surface area (Å²) in [5.74, 6) is 2.04. The Labute approximate surface area is 168 Å². The molecule has 29 heavy (non-hydrogen) atoms. The van der Waals surface area contributed by atoms with Gasteiger partial charge < -0.3 is 9.84 Å². The molecule has 1 saturated carbocycles. The first-order chi connectivity index (χ1) is 14.0. The van der Waals surface area contributed by atoms with Gasteiger partial charge in [-0.05, 0) is 55.4 Å². The number of aromatic hydroxyl groups is 1. The number of rotatable bonds is 3. The number of fused-ring (bicyclic) bond motifs is 1. The van der Waals surface area contributed by atoms with Crippen molar-refractivity contribution in [3.8, 4) is 23.5 Å². The van der Waals surface area contributed by atoms with Gasteiger partial charge in [0.25, 0.3) is 5.91 Å². The standard InChI is InChI=1S/C23H21F2NO3/c24-18-2-1-3-19(12-18)29-14-16-6-4-15(5-7-16)10-11-26-13-17-8-9-20(27)22(25)21(17)23(26)28/h1-3,8-9,12,15-16,27H,4-7,13-14H2. The van der Waals surface area contributed by atoms with Crippen LogP contribution in [-0.4, -0.2) is 22.5 Å². The molecule has 0 unspecified atom stereocenters. The summed E-state index contributed by atoms with van der Waals surface area (Å²) in [6.07, 6.45) is 3.69. The Kier molecular flexibility index (Phi) is 5.39. The molecule has 2 aromatic carbocycles. The lowest BCUT2D eigenvalue weighted by Gasteiger charge is -2.25. The summed E-state index contributed by atoms with van der Waals surface area (Å²) in [6, 6.07) is 11.8. The minimum atomic E-state index is -0.879. The van der Waals surface area contributed by atoms with Gasteiger partial charge in [0.1, 0.15) is 11.6 Å². The number of amides is 1. The van der Waals surface area contributed by atoms with Crippen LogP contribution in [0, 0.1) is 35.4 Å². The monoisotopic (exact) mass is 397 g/mol. The molecule has 1 amide bonds. The van der Waals surface area contributed by atoms with Crippen LogP contribution in [0.25, 0.3) is 0 Å². The highest BCUT2D eigenvalue weighted by Crippen LogP contribution is 2.31. The molecular weight excluding hydrogens is 376 g/mol. The van der Waals surface area contributed by atoms with E-state index in [0.29, 0.717) is 23.8 Å². The number of nitrogens with zero attached hydrogens (tertiary/aromatic N) is 1. The van der Waals surface area contributed by atoms with Crippen LogP contribution in [0.4, 0.5) is 8.78 Å². The van der Waals surface area contributed by atoms with Gasteiger partial charge in [0.15, 0.2) is 11.6 Å². The van der Waals surface area contributed by atoms with Crippen molar-refractivity contribution >= 4 is 5.91 Å². The maximum Gasteiger partial charge on any atom is 0.269 e. The zero-order valence-electron chi connectivity index (χ0n) is 15.8. The zero-order valence-corrected chi connectivity index (χ0v) is 15.8. The van der Waals surface area contributed by atoms with Gasteiger partial charge in [-0.1, -0.05) is 18.1 Å². The number of ether oxygens (including phenoxy) is 1. The highest BCUT2D eigenvalue weighted by Gasteiger charge is 2.31. The third kappa shape index (κ3) is 4.19. The van der Waals surface area contributed by atoms with Crippen LogP contribution in [0.5, 0.6) is 11.5 Å². The van der Waals surface area contributed by atoms with E-state index in [2.05, 4.69) is 12.0 Å². The summed E-state index contributed by atoms with van der Waals surface area (Å²) in [7, 11) is 0. The lowest BCUT2D eigenvalue weighted by atomic mass is 9.83. The minimum Gasteiger partial charge on any atom is -0.505 e. The summed E-state index contributed by atoms with van der Waals surface area (Å²) in [5.41, 5.74) is 0.454. The van der Waals surface area contributed by atoms with E-state index in [9.17, 15) is 18.7 Å². The normalized spacial score (nSPS) is 20.8. The Bertz CT molecular complexity index is 987. The molecule has 2 aliphatic rings. The Balaban J connectivity index is 1.29. The largest absolute Gasteiger partial charge is 0.505 e. The van der Waals surface area contributed by atoms with E-state index >= 15 is 0 Å². The van der Waals surface area contributed by atoms with Crippen molar-refractivity contribution < 1.29 is 23.4 Å². The molecule has 0 radical (unpaired) electrons. The maximum absolute atomic E-state index is 14.0. The first-order valence-corrected chi connectivity index (χ1v) is 9.73. The molecule has 1 fully saturated rings. The van der Waals surface area contributed by atoms with Gasteiger partial charge in [-0.2, -0.15) is 0 Å². The van der Waals surface area contributed by atoms with Gasteiger partial charge >= 0.3 is 0 Å². The Morgan fingerprint density at radius 1 is 1.14 bits per heavy atom. The molecule has 4 nitrogen and oxygen atoms in total. The lowest BCUT2D eigenvalue weighted by molar-refractivity contribution is 0.0849. The fraction of sp³-hybridized carbons (Fsp3) is 0.348. The van der Waals surface area contributed by atoms with Crippen molar-refractivity contribution in [2.24, 2.45) is 11.8 Å². The van der Waals surface area contributed by atoms with Crippen LogP contribution >= 0.6 is 0 Å². The van der Waals surface area contributed by atoms with Gasteiger partial charge in [0.05, 0.1) is 18.7 Å². The molecule has 0 atom stereocenters. The predicted molar refractivity (Wildman–Crippen MR) is 103 cm³/mol. The summed E-state index contributed by atoms with van der Waals surface area (Å²) in [4.78, 5) is 13.7. The van der Waals surface area contributed by atoms with Crippen LogP contribution in [0.2, 0.25) is 0 Å². The lowest BCUT2D eigenvalue weighted by Crippen LogP contribution is -2.21. The van der Waals surface area contributed by atoms with Crippen LogP contribution in [0.1, 0.15) is 41.6 Å². The molecule has 0 saturated heterocycles. The second kappa shape index (κ2) is 8.12. The number of carbonyl (C=O) groups is 1. The van der Waals surface area contributed by atoms with Crippen LogP contribution in [-0.2, 0) is 6.54 Å². The second-order valence-electron chi connectivity index (χ2n) is 7.57. The Morgan fingerprint density at radius 3 is 2.69 bits per heavy atom. The maximum atomic E-state index is 14.0. The summed E-state index contributed by atoms with van der Waals surface area (Å²) >= 11 is 0. The molecule has 0 aromatic heterocycles. The van der Waals surface area contributed by atoms with Crippen LogP contribution in [0.3, 0.4) is 0 Å². The Hall–Kier alpha value is -3.07. The quantitative estimate of drug-likeness (QED) is 0.778. The predicted octanol–water partition coefficient (Wildman–Crippen LogP) is 4.47. The molecular formula is C23H21F2NO3. The van der Waals surface area contributed by atoms with Crippen LogP contribution < -0.4 is 4.74 Å². The van der Waals surface area contributed by atoms with E-state index in [1.54, 1.807) is 18.2 Å². The van der Waals surface area contributed by atoms with Crippen molar-refractivity contribution in [1.29, 1.82) is 0 Å². The van der Waals surface area contributed by atoms with E-state index in [0.717, 1.165) is 25.7 Å². The summed E-state index contributed by atoms with van der Waals surface area (Å²) in [6.45, 7) is 0.779. The van der Waals surface area contributed by atoms with Crippen molar-refractivity contribution in [2.75, 3.05) is 6.61 Å². The van der Waals surface area contributed by atoms with Crippen molar-refractivity contribution in [3.63, 3.8) is 0 Å². The third-order valence-corrected chi connectivity index (χ3v) is 5.53.